The van der Waals surface area contributed by atoms with Gasteiger partial charge in [0.1, 0.15) is 79.3 Å². The summed E-state index contributed by atoms with van der Waals surface area (Å²) in [7, 11) is 1.28. The predicted octanol–water partition coefficient (Wildman–Crippen LogP) is -2.78. The molecule has 20 heteroatoms. The van der Waals surface area contributed by atoms with Crippen LogP contribution in [0.5, 0.6) is 0 Å². The van der Waals surface area contributed by atoms with E-state index in [2.05, 4.69) is 18.8 Å². The van der Waals surface area contributed by atoms with Gasteiger partial charge >= 0.3 is 5.97 Å². The zero-order valence-electron chi connectivity index (χ0n) is 35.7. The summed E-state index contributed by atoms with van der Waals surface area (Å²) in [5, 5.41) is 109. The van der Waals surface area contributed by atoms with Gasteiger partial charge in [0.15, 0.2) is 18.9 Å². The summed E-state index contributed by atoms with van der Waals surface area (Å²) in [5.74, 6) is -0.535. The molecular weight excluding hydrogens is 822 g/mol. The van der Waals surface area contributed by atoms with Gasteiger partial charge in [0, 0.05) is 5.41 Å². The van der Waals surface area contributed by atoms with E-state index in [9.17, 15) is 60.7 Å². The second kappa shape index (κ2) is 18.0. The van der Waals surface area contributed by atoms with Gasteiger partial charge < -0.3 is 89.5 Å². The molecule has 1 amide bonds. The van der Waals surface area contributed by atoms with Crippen molar-refractivity contribution < 1.29 is 93.8 Å². The molecule has 3 saturated heterocycles. The lowest BCUT2D eigenvalue weighted by atomic mass is 9.40. The molecule has 0 aromatic carbocycles. The molecule has 7 aliphatic rings. The van der Waals surface area contributed by atoms with Crippen LogP contribution in [0.4, 0.5) is 0 Å². The Labute approximate surface area is 360 Å². The van der Waals surface area contributed by atoms with Crippen LogP contribution in [-0.2, 0) is 42.7 Å². The summed E-state index contributed by atoms with van der Waals surface area (Å²) < 4.78 is 41.8. The van der Waals surface area contributed by atoms with E-state index in [1.165, 1.54) is 7.11 Å². The molecule has 0 unspecified atom stereocenters. The van der Waals surface area contributed by atoms with Crippen LogP contribution in [0.3, 0.4) is 0 Å². The van der Waals surface area contributed by atoms with Crippen LogP contribution in [0, 0.1) is 28.1 Å². The van der Waals surface area contributed by atoms with Gasteiger partial charge in [-0.1, -0.05) is 26.8 Å². The number of rotatable bonds is 12. The number of hydrogen-bond donors (Lipinski definition) is 11. The second-order valence-electron chi connectivity index (χ2n) is 19.4. The molecule has 2 bridgehead atoms. The summed E-state index contributed by atoms with van der Waals surface area (Å²) in [6.07, 6.45) is -19.5. The van der Waals surface area contributed by atoms with Gasteiger partial charge in [0.05, 0.1) is 32.5 Å². The Bertz CT molecular complexity index is 1640. The number of fused-ring (bicyclic) bond motifs is 3. The molecular formula is C42H67NO19. The topological polar surface area (TPSA) is 313 Å². The number of carbonyl (C=O) groups is 2. The summed E-state index contributed by atoms with van der Waals surface area (Å²) in [4.78, 5) is 26.3. The minimum absolute atomic E-state index is 0.0108. The van der Waals surface area contributed by atoms with Gasteiger partial charge in [0.25, 0.3) is 0 Å². The fourth-order valence-electron chi connectivity index (χ4n) is 12.7. The first kappa shape index (κ1) is 48.0. The fourth-order valence-corrected chi connectivity index (χ4v) is 12.7. The summed E-state index contributed by atoms with van der Waals surface area (Å²) in [6.45, 7) is 8.06. The molecule has 1 spiro atoms. The maximum absolute atomic E-state index is 14.0. The van der Waals surface area contributed by atoms with E-state index in [1.807, 2.05) is 6.92 Å². The Balaban J connectivity index is 1.19. The minimum atomic E-state index is -1.92. The molecule has 7 rings (SSSR count). The zero-order valence-corrected chi connectivity index (χ0v) is 35.7. The van der Waals surface area contributed by atoms with Gasteiger partial charge in [-0.25, -0.2) is 4.79 Å². The van der Waals surface area contributed by atoms with Crippen molar-refractivity contribution in [2.75, 3.05) is 26.9 Å². The van der Waals surface area contributed by atoms with Crippen LogP contribution in [0.1, 0.15) is 78.6 Å². The zero-order chi connectivity index (χ0) is 45.3. The molecule has 11 N–H and O–H groups in total. The molecule has 7 fully saturated rings. The van der Waals surface area contributed by atoms with Gasteiger partial charge in [-0.3, -0.25) is 4.79 Å². The Hall–Kier alpha value is -1.96. The highest BCUT2D eigenvalue weighted by atomic mass is 16.8. The van der Waals surface area contributed by atoms with Crippen LogP contribution in [0.15, 0.2) is 12.2 Å². The third-order valence-corrected chi connectivity index (χ3v) is 16.0. The third-order valence-electron chi connectivity index (χ3n) is 16.0. The van der Waals surface area contributed by atoms with Crippen molar-refractivity contribution in [1.82, 2.24) is 5.32 Å². The molecule has 354 valence electrons. The van der Waals surface area contributed by atoms with Crippen LogP contribution in [0.2, 0.25) is 0 Å². The highest BCUT2D eigenvalue weighted by Crippen LogP contribution is 2.73. The lowest BCUT2D eigenvalue weighted by Crippen LogP contribution is -2.68. The van der Waals surface area contributed by atoms with Gasteiger partial charge in [0.2, 0.25) is 5.91 Å². The normalized spacial score (nSPS) is 50.9. The molecule has 22 atom stereocenters. The molecule has 20 nitrogen and oxygen atoms in total. The largest absolute Gasteiger partial charge is 0.467 e. The van der Waals surface area contributed by atoms with Crippen molar-refractivity contribution >= 4 is 11.9 Å². The second-order valence-corrected chi connectivity index (χ2v) is 19.4. The average Bonchev–Trinajstić information content (AvgIpc) is 3.44. The van der Waals surface area contributed by atoms with Crippen molar-refractivity contribution in [3.63, 3.8) is 0 Å². The van der Waals surface area contributed by atoms with E-state index in [4.69, 9.17) is 33.2 Å². The van der Waals surface area contributed by atoms with Crippen LogP contribution >= 0.6 is 0 Å². The number of hydrogen-bond acceptors (Lipinski definition) is 19. The third kappa shape index (κ3) is 7.96. The number of aliphatic hydroxyl groups is 10. The maximum Gasteiger partial charge on any atom is 0.328 e. The number of aliphatic hydroxyl groups excluding tert-OH is 10. The fraction of sp³-hybridized carbons (Fsp3) is 0.905. The van der Waals surface area contributed by atoms with E-state index in [1.54, 1.807) is 6.92 Å². The molecule has 4 aliphatic carbocycles. The maximum atomic E-state index is 14.0. The molecule has 0 radical (unpaired) electrons. The predicted molar refractivity (Wildman–Crippen MR) is 209 cm³/mol. The van der Waals surface area contributed by atoms with Crippen molar-refractivity contribution in [3.05, 3.63) is 12.2 Å². The van der Waals surface area contributed by atoms with Crippen molar-refractivity contribution in [2.45, 2.75) is 182 Å². The Morgan fingerprint density at radius 1 is 0.726 bits per heavy atom. The standard InChI is InChI=1S/C42H67NO19/c1-18-13-41-11-7-23-39(3,9-6-10-40(23,4)38(55)43-19(2)34(54)56-5)24(41)8-12-42(18,17-41)62-37-33(61-36-31(53)29(51)26(48)21(15-45)58-36)32(27(49)22(16-46)59-37)60-35-30(52)28(50)25(47)20(14-44)57-35/h19-33,35-37,44-53H,1,6-17H2,2-5H3,(H,43,55)/t19-,20-,21-,22-,23+,24+,25-,26-,27-,28+,29+,30-,31-,32+,33-,35+,36+,37+,39-,40-,41-,42+/m1/s1. The number of nitrogens with one attached hydrogen (secondary N) is 1. The van der Waals surface area contributed by atoms with Gasteiger partial charge in [-0.15, -0.1) is 0 Å². The number of ether oxygens (including phenoxy) is 7. The molecule has 62 heavy (non-hydrogen) atoms. The smallest absolute Gasteiger partial charge is 0.328 e. The highest BCUT2D eigenvalue weighted by molar-refractivity contribution is 5.88. The van der Waals surface area contributed by atoms with E-state index in [0.29, 0.717) is 32.1 Å². The van der Waals surface area contributed by atoms with E-state index >= 15 is 0 Å². The first-order chi connectivity index (χ1) is 29.2. The minimum Gasteiger partial charge on any atom is -0.467 e. The van der Waals surface area contributed by atoms with E-state index in [-0.39, 0.29) is 28.6 Å². The molecule has 0 aromatic rings. The lowest BCUT2D eigenvalue weighted by Gasteiger charge is -2.64. The highest BCUT2D eigenvalue weighted by Gasteiger charge is 2.69. The number of esters is 1. The van der Waals surface area contributed by atoms with Gasteiger partial charge in [-0.05, 0) is 86.5 Å². The monoisotopic (exact) mass is 889 g/mol. The average molecular weight is 890 g/mol. The Kier molecular flexibility index (Phi) is 14.0. The summed E-state index contributed by atoms with van der Waals surface area (Å²) >= 11 is 0. The van der Waals surface area contributed by atoms with E-state index in [0.717, 1.165) is 31.3 Å². The van der Waals surface area contributed by atoms with Crippen LogP contribution < -0.4 is 5.32 Å². The first-order valence-electron chi connectivity index (χ1n) is 21.9. The Morgan fingerprint density at radius 3 is 1.82 bits per heavy atom. The summed E-state index contributed by atoms with van der Waals surface area (Å²) in [5.41, 5.74) is -1.61. The van der Waals surface area contributed by atoms with Crippen molar-refractivity contribution in [3.8, 4) is 0 Å². The van der Waals surface area contributed by atoms with Crippen molar-refractivity contribution in [1.29, 1.82) is 0 Å². The number of methoxy groups -OCH3 is 1. The summed E-state index contributed by atoms with van der Waals surface area (Å²) in [6, 6.07) is -0.803. The van der Waals surface area contributed by atoms with E-state index < -0.39 is 135 Å². The quantitative estimate of drug-likeness (QED) is 0.0537. The molecule has 3 heterocycles. The number of amides is 1. The SMILES string of the molecule is C=C1C[C@@]23CC[C@H]4[C@@](C)(CCC[C@@]4(C)C(=O)N[C@H](C)C(=O)OC)[C@@H]2CC[C@]1(O[C@@H]1O[C@H](CO)[C@@H](O)[C@H](O[C@@H]2O[C@H](CO)[C@@H](O)[C@H](O)[C@H]2O)[C@H]1O[C@@H]1O[C@H](CO)[C@@H](O)[C@H](O)[C@H]1O)C3. The lowest BCUT2D eigenvalue weighted by molar-refractivity contribution is -0.400. The van der Waals surface area contributed by atoms with Crippen molar-refractivity contribution in [2.24, 2.45) is 28.1 Å². The molecule has 4 saturated carbocycles. The Morgan fingerprint density at radius 2 is 1.26 bits per heavy atom. The van der Waals surface area contributed by atoms with Gasteiger partial charge in [-0.2, -0.15) is 0 Å². The molecule has 0 aromatic heterocycles. The first-order valence-corrected chi connectivity index (χ1v) is 21.9. The van der Waals surface area contributed by atoms with Crippen LogP contribution in [-0.4, -0.2) is 194 Å². The van der Waals surface area contributed by atoms with Crippen LogP contribution in [0.25, 0.3) is 0 Å². The number of carbonyl (C=O) groups excluding carboxylic acids is 2. The molecule has 3 aliphatic heterocycles.